The van der Waals surface area contributed by atoms with Crippen LogP contribution in [0, 0.1) is 39.9 Å². The third-order valence-electron chi connectivity index (χ3n) is 11.3. The molecule has 6 nitrogen and oxygen atoms in total. The molecule has 2 bridgehead atoms. The van der Waals surface area contributed by atoms with E-state index >= 15 is 0 Å². The fourth-order valence-corrected chi connectivity index (χ4v) is 10.1. The number of carbonyl (C=O) groups is 2. The second-order valence-corrected chi connectivity index (χ2v) is 13.3. The Labute approximate surface area is 197 Å². The maximum absolute atomic E-state index is 12.2. The van der Waals surface area contributed by atoms with Gasteiger partial charge in [-0.15, -0.1) is 0 Å². The molecule has 10 atom stereocenters. The Morgan fingerprint density at radius 2 is 1.79 bits per heavy atom. The van der Waals surface area contributed by atoms with Crippen LogP contribution >= 0.6 is 0 Å². The Balaban J connectivity index is 1.39. The number of fused-ring (bicyclic) bond motifs is 7. The van der Waals surface area contributed by atoms with Crippen LogP contribution in [0.2, 0.25) is 0 Å². The fourth-order valence-electron chi connectivity index (χ4n) is 10.1. The Hall–Kier alpha value is -1.14. The molecule has 0 aromatic rings. The molecule has 1 spiro atoms. The van der Waals surface area contributed by atoms with Gasteiger partial charge in [0.1, 0.15) is 6.10 Å². The van der Waals surface area contributed by atoms with Gasteiger partial charge in [0.05, 0.1) is 6.42 Å². The highest BCUT2D eigenvalue weighted by Gasteiger charge is 2.71. The third-order valence-corrected chi connectivity index (χ3v) is 11.3. The van der Waals surface area contributed by atoms with Crippen molar-refractivity contribution < 1.29 is 28.5 Å². The molecule has 6 heteroatoms. The molecular formula is C27H40O6. The van der Waals surface area contributed by atoms with Gasteiger partial charge in [-0.25, -0.2) is 0 Å². The number of hydrogen-bond donors (Lipinski definition) is 0. The number of rotatable bonds is 1. The highest BCUT2D eigenvalue weighted by atomic mass is 16.8. The summed E-state index contributed by atoms with van der Waals surface area (Å²) in [5.41, 5.74) is -0.109. The lowest BCUT2D eigenvalue weighted by Gasteiger charge is -2.67. The predicted octanol–water partition coefficient (Wildman–Crippen LogP) is 4.98. The minimum Gasteiger partial charge on any atom is -0.459 e. The highest BCUT2D eigenvalue weighted by molar-refractivity contribution is 5.74. The lowest BCUT2D eigenvalue weighted by molar-refractivity contribution is -0.222. The molecule has 0 aromatic heterocycles. The molecule has 6 fully saturated rings. The monoisotopic (exact) mass is 460 g/mol. The van der Waals surface area contributed by atoms with Gasteiger partial charge in [0.2, 0.25) is 6.29 Å². The topological polar surface area (TPSA) is 71.1 Å². The van der Waals surface area contributed by atoms with Crippen molar-refractivity contribution in [2.24, 2.45) is 39.9 Å². The minimum absolute atomic E-state index is 0.0969. The highest BCUT2D eigenvalue weighted by Crippen LogP contribution is 2.71. The van der Waals surface area contributed by atoms with Crippen molar-refractivity contribution in [2.45, 2.75) is 117 Å². The van der Waals surface area contributed by atoms with E-state index in [1.807, 2.05) is 0 Å². The van der Waals surface area contributed by atoms with Gasteiger partial charge in [-0.1, -0.05) is 34.1 Å². The third kappa shape index (κ3) is 2.92. The van der Waals surface area contributed by atoms with Crippen LogP contribution in [0.15, 0.2) is 0 Å². The molecule has 6 rings (SSSR count). The van der Waals surface area contributed by atoms with Gasteiger partial charge in [-0.2, -0.15) is 0 Å². The molecule has 6 aliphatic rings. The normalized spacial score (nSPS) is 54.2. The van der Waals surface area contributed by atoms with E-state index in [0.717, 1.165) is 18.8 Å². The molecule has 33 heavy (non-hydrogen) atoms. The maximum atomic E-state index is 12.2. The van der Waals surface area contributed by atoms with Crippen molar-refractivity contribution in [3.8, 4) is 0 Å². The van der Waals surface area contributed by atoms with Gasteiger partial charge < -0.3 is 18.9 Å². The van der Waals surface area contributed by atoms with Crippen LogP contribution in [0.3, 0.4) is 0 Å². The summed E-state index contributed by atoms with van der Waals surface area (Å²) in [6, 6.07) is 0. The van der Waals surface area contributed by atoms with Crippen LogP contribution in [0.4, 0.5) is 0 Å². The molecule has 3 aliphatic heterocycles. The van der Waals surface area contributed by atoms with Crippen molar-refractivity contribution in [3.63, 3.8) is 0 Å². The molecule has 3 aliphatic carbocycles. The molecule has 0 N–H and O–H groups in total. The standard InChI is InChI=1S/C27H40O6/c1-15(28)30-20-13-17-16(22-32-23-27(20,33-22)14-21(29)31-23)7-8-19-25(17,4)12-9-18-24(2,3)10-6-11-26(18,19)5/h16-20,22-23H,6-14H2,1-5H3/t16-,17+,18-,19-,20+,22-,23-,25-,26-,27+/m0/s1. The molecule has 3 saturated heterocycles. The van der Waals surface area contributed by atoms with Gasteiger partial charge in [0.15, 0.2) is 11.9 Å². The molecular weight excluding hydrogens is 420 g/mol. The average molecular weight is 461 g/mol. The van der Waals surface area contributed by atoms with Crippen LogP contribution in [-0.2, 0) is 28.5 Å². The molecule has 3 heterocycles. The zero-order chi connectivity index (χ0) is 23.4. The first-order valence-corrected chi connectivity index (χ1v) is 13.2. The SMILES string of the molecule is CC(=O)O[C@@H]1C[C@@H]2[C@H](CC[C@H]3[C@@]2(C)CC[C@H]2C(C)(C)CCC[C@]32C)[C@H]2O[C@@H]3OC(=O)C[C@]31O2. The quantitative estimate of drug-likeness (QED) is 0.514. The molecule has 0 amide bonds. The zero-order valence-corrected chi connectivity index (χ0v) is 20.9. The smallest absolute Gasteiger partial charge is 0.311 e. The minimum atomic E-state index is -0.995. The average Bonchev–Trinajstić information content (AvgIpc) is 3.15. The van der Waals surface area contributed by atoms with Crippen LogP contribution in [0.25, 0.3) is 0 Å². The Morgan fingerprint density at radius 1 is 1.00 bits per heavy atom. The summed E-state index contributed by atoms with van der Waals surface area (Å²) in [6.07, 6.45) is 7.84. The lowest BCUT2D eigenvalue weighted by Crippen LogP contribution is -2.60. The first-order valence-electron chi connectivity index (χ1n) is 13.2. The second kappa shape index (κ2) is 6.96. The molecule has 184 valence electrons. The number of hydrogen-bond acceptors (Lipinski definition) is 6. The van der Waals surface area contributed by atoms with E-state index in [4.69, 9.17) is 18.9 Å². The Morgan fingerprint density at radius 3 is 2.55 bits per heavy atom. The van der Waals surface area contributed by atoms with E-state index in [9.17, 15) is 9.59 Å². The van der Waals surface area contributed by atoms with E-state index in [1.165, 1.54) is 45.4 Å². The number of esters is 2. The Kier molecular flexibility index (Phi) is 4.71. The fraction of sp³-hybridized carbons (Fsp3) is 0.926. The van der Waals surface area contributed by atoms with Gasteiger partial charge >= 0.3 is 11.9 Å². The van der Waals surface area contributed by atoms with Crippen molar-refractivity contribution in [2.75, 3.05) is 0 Å². The predicted molar refractivity (Wildman–Crippen MR) is 120 cm³/mol. The summed E-state index contributed by atoms with van der Waals surface area (Å²) in [7, 11) is 0. The van der Waals surface area contributed by atoms with E-state index < -0.39 is 18.0 Å². The number of ether oxygens (including phenoxy) is 4. The summed E-state index contributed by atoms with van der Waals surface area (Å²) < 4.78 is 24.2. The van der Waals surface area contributed by atoms with Crippen molar-refractivity contribution in [1.82, 2.24) is 0 Å². The largest absolute Gasteiger partial charge is 0.459 e. The van der Waals surface area contributed by atoms with E-state index in [1.54, 1.807) is 0 Å². The van der Waals surface area contributed by atoms with Gasteiger partial charge in [-0.3, -0.25) is 9.59 Å². The summed E-state index contributed by atoms with van der Waals surface area (Å²) >= 11 is 0. The molecule has 0 unspecified atom stereocenters. The van der Waals surface area contributed by atoms with E-state index in [-0.39, 0.29) is 36.0 Å². The van der Waals surface area contributed by atoms with Crippen molar-refractivity contribution >= 4 is 11.9 Å². The Bertz CT molecular complexity index is 869. The first-order chi connectivity index (χ1) is 15.5. The van der Waals surface area contributed by atoms with Gasteiger partial charge in [-0.05, 0) is 78.9 Å². The van der Waals surface area contributed by atoms with E-state index in [2.05, 4.69) is 27.7 Å². The number of carbonyl (C=O) groups excluding carboxylic acids is 2. The van der Waals surface area contributed by atoms with Crippen molar-refractivity contribution in [1.29, 1.82) is 0 Å². The summed E-state index contributed by atoms with van der Waals surface area (Å²) in [6.45, 7) is 11.5. The van der Waals surface area contributed by atoms with Gasteiger partial charge in [0.25, 0.3) is 0 Å². The molecule has 0 radical (unpaired) electrons. The van der Waals surface area contributed by atoms with Crippen LogP contribution in [0.1, 0.15) is 92.4 Å². The molecule has 3 saturated carbocycles. The van der Waals surface area contributed by atoms with Crippen LogP contribution in [-0.4, -0.2) is 36.2 Å². The summed E-state index contributed by atoms with van der Waals surface area (Å²) in [5.74, 6) is 1.32. The van der Waals surface area contributed by atoms with Gasteiger partial charge in [0, 0.05) is 12.8 Å². The first kappa shape index (κ1) is 22.3. The zero-order valence-electron chi connectivity index (χ0n) is 20.9. The maximum Gasteiger partial charge on any atom is 0.311 e. The second-order valence-electron chi connectivity index (χ2n) is 13.3. The van der Waals surface area contributed by atoms with Crippen LogP contribution < -0.4 is 0 Å². The summed E-state index contributed by atoms with van der Waals surface area (Å²) in [4.78, 5) is 24.4. The van der Waals surface area contributed by atoms with Crippen molar-refractivity contribution in [3.05, 3.63) is 0 Å². The summed E-state index contributed by atoms with van der Waals surface area (Å²) in [5, 5.41) is 0. The van der Waals surface area contributed by atoms with Crippen LogP contribution in [0.5, 0.6) is 0 Å². The van der Waals surface area contributed by atoms with E-state index in [0.29, 0.717) is 22.7 Å². The lowest BCUT2D eigenvalue weighted by atomic mass is 9.38. The molecule has 0 aromatic carbocycles.